The third kappa shape index (κ3) is 4.48. The first-order valence-corrected chi connectivity index (χ1v) is 8.40. The fourth-order valence-electron chi connectivity index (χ4n) is 2.58. The number of hydrogen-bond acceptors (Lipinski definition) is 4. The molecule has 2 unspecified atom stereocenters. The molecule has 1 aliphatic rings. The van der Waals surface area contributed by atoms with E-state index in [2.05, 4.69) is 28.4 Å². The maximum Gasteiger partial charge on any atom is 0.252 e. The monoisotopic (exact) mass is 304 g/mol. The number of carbonyl (C=O) groups excluding carboxylic acids is 1. The second-order valence-electron chi connectivity index (χ2n) is 5.08. The van der Waals surface area contributed by atoms with Crippen LogP contribution in [-0.4, -0.2) is 40.2 Å². The van der Waals surface area contributed by atoms with Gasteiger partial charge in [-0.2, -0.15) is 11.8 Å². The Balaban J connectivity index is 2.06. The number of rotatable bonds is 3. The number of carbonyl (C=O) groups is 1. The molecule has 2 N–H and O–H groups in total. The lowest BCUT2D eigenvalue weighted by Gasteiger charge is -2.28. The van der Waals surface area contributed by atoms with Crippen molar-refractivity contribution in [2.24, 2.45) is 0 Å². The first kappa shape index (κ1) is 15.9. The van der Waals surface area contributed by atoms with Gasteiger partial charge in [0.05, 0.1) is 11.1 Å². The normalized spacial score (nSPS) is 21.2. The van der Waals surface area contributed by atoms with E-state index >= 15 is 0 Å². The Morgan fingerprint density at radius 1 is 1.57 bits per heavy atom. The van der Waals surface area contributed by atoms with Crippen molar-refractivity contribution in [1.29, 1.82) is 0 Å². The van der Waals surface area contributed by atoms with Crippen LogP contribution >= 0.6 is 11.8 Å². The topological polar surface area (TPSA) is 62.2 Å². The second-order valence-corrected chi connectivity index (χ2v) is 6.21. The fourth-order valence-corrected chi connectivity index (χ4v) is 3.41. The summed E-state index contributed by atoms with van der Waals surface area (Å²) in [6.07, 6.45) is 9.72. The van der Waals surface area contributed by atoms with Crippen molar-refractivity contribution < 1.29 is 9.90 Å². The van der Waals surface area contributed by atoms with E-state index in [1.807, 2.05) is 11.8 Å². The highest BCUT2D eigenvalue weighted by molar-refractivity contribution is 7.99. The van der Waals surface area contributed by atoms with E-state index in [0.29, 0.717) is 16.4 Å². The number of hydrogen-bond donors (Lipinski definition) is 2. The average molecular weight is 304 g/mol. The lowest BCUT2D eigenvalue weighted by Crippen LogP contribution is -2.39. The summed E-state index contributed by atoms with van der Waals surface area (Å²) in [6.45, 7) is -0.228. The van der Waals surface area contributed by atoms with Gasteiger partial charge in [-0.05, 0) is 31.6 Å². The number of nitrogens with zero attached hydrogens (tertiary/aromatic N) is 1. The third-order valence-corrected chi connectivity index (χ3v) is 4.76. The van der Waals surface area contributed by atoms with Gasteiger partial charge in [-0.25, -0.2) is 0 Å². The van der Waals surface area contributed by atoms with Gasteiger partial charge in [0.15, 0.2) is 0 Å². The van der Waals surface area contributed by atoms with Gasteiger partial charge < -0.3 is 10.4 Å². The van der Waals surface area contributed by atoms with Crippen LogP contribution in [0.15, 0.2) is 18.5 Å². The van der Waals surface area contributed by atoms with Crippen LogP contribution in [0.4, 0.5) is 0 Å². The van der Waals surface area contributed by atoms with Crippen molar-refractivity contribution >= 4 is 17.7 Å². The predicted molar refractivity (Wildman–Crippen MR) is 85.2 cm³/mol. The summed E-state index contributed by atoms with van der Waals surface area (Å²) in [4.78, 5) is 16.4. The minimum absolute atomic E-state index is 0.105. The van der Waals surface area contributed by atoms with Gasteiger partial charge >= 0.3 is 0 Å². The second kappa shape index (κ2) is 8.06. The standard InChI is InChI=1S/C16H20N2O2S/c1-21-14-6-2-5-13(10-14)18-16(20)15-7-8-17-11-12(15)4-3-9-19/h7-8,11,13-14,19H,2,5-6,9-10H2,1H3,(H,18,20). The van der Waals surface area contributed by atoms with Gasteiger partial charge in [-0.1, -0.05) is 18.3 Å². The van der Waals surface area contributed by atoms with Gasteiger partial charge in [0.25, 0.3) is 5.91 Å². The summed E-state index contributed by atoms with van der Waals surface area (Å²) in [6, 6.07) is 1.90. The highest BCUT2D eigenvalue weighted by atomic mass is 32.2. The van der Waals surface area contributed by atoms with E-state index < -0.39 is 0 Å². The van der Waals surface area contributed by atoms with Gasteiger partial charge in [0.1, 0.15) is 6.61 Å². The summed E-state index contributed by atoms with van der Waals surface area (Å²) in [7, 11) is 0. The Morgan fingerprint density at radius 3 is 3.19 bits per heavy atom. The zero-order chi connectivity index (χ0) is 15.1. The van der Waals surface area contributed by atoms with Crippen molar-refractivity contribution in [1.82, 2.24) is 10.3 Å². The first-order valence-electron chi connectivity index (χ1n) is 7.12. The number of nitrogens with one attached hydrogen (secondary N) is 1. The van der Waals surface area contributed by atoms with Gasteiger partial charge in [0.2, 0.25) is 0 Å². The summed E-state index contributed by atoms with van der Waals surface area (Å²) < 4.78 is 0. The molecule has 0 radical (unpaired) electrons. The molecule has 1 aliphatic carbocycles. The van der Waals surface area contributed by atoms with Gasteiger partial charge in [-0.15, -0.1) is 0 Å². The minimum Gasteiger partial charge on any atom is -0.384 e. The molecule has 21 heavy (non-hydrogen) atoms. The molecule has 112 valence electrons. The Hall–Kier alpha value is -1.51. The van der Waals surface area contributed by atoms with E-state index in [4.69, 9.17) is 5.11 Å². The molecule has 5 heteroatoms. The first-order chi connectivity index (χ1) is 10.2. The highest BCUT2D eigenvalue weighted by Gasteiger charge is 2.23. The fraction of sp³-hybridized carbons (Fsp3) is 0.500. The molecule has 4 nitrogen and oxygen atoms in total. The highest BCUT2D eigenvalue weighted by Crippen LogP contribution is 2.27. The Kier molecular flexibility index (Phi) is 6.09. The van der Waals surface area contributed by atoms with Gasteiger partial charge in [-0.3, -0.25) is 9.78 Å². The molecule has 1 saturated carbocycles. The van der Waals surface area contributed by atoms with E-state index in [-0.39, 0.29) is 18.6 Å². The van der Waals surface area contributed by atoms with Crippen molar-refractivity contribution in [3.63, 3.8) is 0 Å². The SMILES string of the molecule is CSC1CCCC(NC(=O)c2ccncc2C#CCO)C1. The Morgan fingerprint density at radius 2 is 2.43 bits per heavy atom. The van der Waals surface area contributed by atoms with Crippen LogP contribution in [0.25, 0.3) is 0 Å². The summed E-state index contributed by atoms with van der Waals surface area (Å²) >= 11 is 1.88. The Labute approximate surface area is 129 Å². The quantitative estimate of drug-likeness (QED) is 0.836. The van der Waals surface area contributed by atoms with Gasteiger partial charge in [0, 0.05) is 23.7 Å². The number of aliphatic hydroxyl groups excluding tert-OH is 1. The molecule has 2 atom stereocenters. The minimum atomic E-state index is -0.228. The molecular formula is C16H20N2O2S. The van der Waals surface area contributed by atoms with Crippen LogP contribution in [0.3, 0.4) is 0 Å². The summed E-state index contributed by atoms with van der Waals surface area (Å²) in [5.41, 5.74) is 1.08. The Bertz CT molecular complexity index is 551. The summed E-state index contributed by atoms with van der Waals surface area (Å²) in [5.74, 6) is 5.23. The molecule has 1 fully saturated rings. The van der Waals surface area contributed by atoms with Crippen molar-refractivity contribution in [3.05, 3.63) is 29.6 Å². The molecule has 1 aromatic rings. The number of amides is 1. The molecule has 0 saturated heterocycles. The zero-order valence-electron chi connectivity index (χ0n) is 12.1. The number of aromatic nitrogens is 1. The lowest BCUT2D eigenvalue weighted by atomic mass is 9.94. The van der Waals surface area contributed by atoms with Crippen LogP contribution < -0.4 is 5.32 Å². The average Bonchev–Trinajstić information content (AvgIpc) is 2.53. The van der Waals surface area contributed by atoms with Crippen LogP contribution in [0, 0.1) is 11.8 Å². The predicted octanol–water partition coefficient (Wildman–Crippen LogP) is 1.83. The molecule has 1 amide bonds. The van der Waals surface area contributed by atoms with E-state index in [1.165, 1.54) is 6.42 Å². The summed E-state index contributed by atoms with van der Waals surface area (Å²) in [5, 5.41) is 12.5. The number of aliphatic hydroxyl groups is 1. The molecular weight excluding hydrogens is 284 g/mol. The molecule has 0 aliphatic heterocycles. The molecule has 0 spiro atoms. The lowest BCUT2D eigenvalue weighted by molar-refractivity contribution is 0.0928. The van der Waals surface area contributed by atoms with Crippen molar-refractivity contribution in [2.75, 3.05) is 12.9 Å². The molecule has 0 bridgehead atoms. The molecule has 1 heterocycles. The van der Waals surface area contributed by atoms with Crippen LogP contribution in [0.2, 0.25) is 0 Å². The van der Waals surface area contributed by atoms with Crippen molar-refractivity contribution in [2.45, 2.75) is 37.0 Å². The van der Waals surface area contributed by atoms with E-state index in [1.54, 1.807) is 18.5 Å². The number of pyridine rings is 1. The van der Waals surface area contributed by atoms with Crippen LogP contribution in [0.5, 0.6) is 0 Å². The maximum absolute atomic E-state index is 12.4. The smallest absolute Gasteiger partial charge is 0.252 e. The maximum atomic E-state index is 12.4. The van der Waals surface area contributed by atoms with E-state index in [0.717, 1.165) is 19.3 Å². The van der Waals surface area contributed by atoms with Crippen LogP contribution in [-0.2, 0) is 0 Å². The van der Waals surface area contributed by atoms with Crippen LogP contribution in [0.1, 0.15) is 41.6 Å². The molecule has 1 aromatic heterocycles. The largest absolute Gasteiger partial charge is 0.384 e. The zero-order valence-corrected chi connectivity index (χ0v) is 12.9. The molecule has 0 aromatic carbocycles. The van der Waals surface area contributed by atoms with Crippen molar-refractivity contribution in [3.8, 4) is 11.8 Å². The number of thioether (sulfide) groups is 1. The molecule has 2 rings (SSSR count). The van der Waals surface area contributed by atoms with E-state index in [9.17, 15) is 4.79 Å². The third-order valence-electron chi connectivity index (χ3n) is 3.66.